The molecular formula is C30H30I2O7S2. The van der Waals surface area contributed by atoms with Crippen molar-refractivity contribution in [3.63, 3.8) is 0 Å². The molecule has 0 spiro atoms. The van der Waals surface area contributed by atoms with Crippen molar-refractivity contribution in [3.05, 3.63) is 113 Å². The van der Waals surface area contributed by atoms with E-state index in [-0.39, 0.29) is 9.79 Å². The molecule has 5 rings (SSSR count). The van der Waals surface area contributed by atoms with Crippen molar-refractivity contribution >= 4 is 61.5 Å². The van der Waals surface area contributed by atoms with Crippen molar-refractivity contribution in [2.45, 2.75) is 51.3 Å². The average Bonchev–Trinajstić information content (AvgIpc) is 2.99. The number of fused-ring (bicyclic) bond motifs is 3. The summed E-state index contributed by atoms with van der Waals surface area (Å²) in [6.07, 6.45) is 0. The Morgan fingerprint density at radius 1 is 0.512 bits per heavy atom. The zero-order valence-electron chi connectivity index (χ0n) is 23.4. The molecule has 7 nitrogen and oxygen atoms in total. The molecule has 0 atom stereocenters. The molecule has 0 unspecified atom stereocenters. The average molecular weight is 821 g/mol. The van der Waals surface area contributed by atoms with E-state index < -0.39 is 61.5 Å². The third kappa shape index (κ3) is 6.40. The van der Waals surface area contributed by atoms with Crippen molar-refractivity contribution in [3.8, 4) is 11.1 Å². The SMILES string of the molecule is Cc1ccc(S(=O)(=O)OI2OI(OS(=O)(=O)c3ccc(C)cc3)c3cc(C)cc(C)c3-c3c(C)cc(C)cc32)cc1. The summed E-state index contributed by atoms with van der Waals surface area (Å²) < 4.78 is 73.9. The molecule has 1 heterocycles. The molecule has 0 saturated carbocycles. The molecule has 1 aliphatic heterocycles. The molecule has 4 aromatic rings. The van der Waals surface area contributed by atoms with Crippen LogP contribution in [0.15, 0.2) is 82.6 Å². The molecule has 41 heavy (non-hydrogen) atoms. The predicted octanol–water partition coefficient (Wildman–Crippen LogP) is 8.06. The fourth-order valence-corrected chi connectivity index (χ4v) is 22.3. The number of hydrogen-bond acceptors (Lipinski definition) is 7. The topological polar surface area (TPSA) is 96.0 Å². The van der Waals surface area contributed by atoms with Gasteiger partial charge in [-0.3, -0.25) is 0 Å². The Kier molecular flexibility index (Phi) is 8.69. The van der Waals surface area contributed by atoms with E-state index in [4.69, 9.17) is 6.42 Å². The van der Waals surface area contributed by atoms with Crippen molar-refractivity contribution in [1.82, 2.24) is 0 Å². The van der Waals surface area contributed by atoms with Crippen molar-refractivity contribution in [2.24, 2.45) is 0 Å². The zero-order chi connectivity index (χ0) is 29.7. The first-order chi connectivity index (χ1) is 19.2. The fourth-order valence-electron chi connectivity index (χ4n) is 4.54. The monoisotopic (exact) mass is 820 g/mol. The van der Waals surface area contributed by atoms with Crippen LogP contribution in [0.4, 0.5) is 0 Å². The molecule has 1 aliphatic rings. The van der Waals surface area contributed by atoms with Crippen molar-refractivity contribution < 1.29 is 23.3 Å². The van der Waals surface area contributed by atoms with Gasteiger partial charge in [0.15, 0.2) is 0 Å². The van der Waals surface area contributed by atoms with E-state index in [2.05, 4.69) is 0 Å². The Labute approximate surface area is 258 Å². The first-order valence-corrected chi connectivity index (χ1v) is 21.1. The zero-order valence-corrected chi connectivity index (χ0v) is 29.3. The van der Waals surface area contributed by atoms with Crippen LogP contribution in [-0.2, 0) is 26.7 Å². The first kappa shape index (κ1) is 30.6. The van der Waals surface area contributed by atoms with Gasteiger partial charge in [0.05, 0.1) is 0 Å². The van der Waals surface area contributed by atoms with Gasteiger partial charge in [0, 0.05) is 0 Å². The summed E-state index contributed by atoms with van der Waals surface area (Å²) in [7, 11) is -8.45. The summed E-state index contributed by atoms with van der Waals surface area (Å²) in [5.41, 5.74) is 7.16. The van der Waals surface area contributed by atoms with Gasteiger partial charge in [-0.2, -0.15) is 0 Å². The second-order valence-corrected chi connectivity index (χ2v) is 22.6. The standard InChI is InChI=1S/C30H30I2O7S2/c1-19-7-11-25(12-8-19)40(33,34)38-31-27-17-21(3)15-23(5)29(27)30-24(6)16-22(4)18-28(30)32(37-31)39-41(35,36)26-13-9-20(2)10-14-26/h7-18H,1-6H3. The van der Waals surface area contributed by atoms with Crippen LogP contribution in [0.3, 0.4) is 0 Å². The molecule has 0 bridgehead atoms. The van der Waals surface area contributed by atoms with Gasteiger partial charge in [-0.05, 0) is 0 Å². The molecule has 0 fully saturated rings. The molecule has 0 saturated heterocycles. The first-order valence-electron chi connectivity index (χ1n) is 12.6. The second kappa shape index (κ2) is 11.7. The van der Waals surface area contributed by atoms with E-state index in [0.29, 0.717) is 7.14 Å². The summed E-state index contributed by atoms with van der Waals surface area (Å²) in [6, 6.07) is 20.6. The van der Waals surface area contributed by atoms with Crippen LogP contribution in [0, 0.1) is 48.7 Å². The fraction of sp³-hybridized carbons (Fsp3) is 0.200. The van der Waals surface area contributed by atoms with E-state index in [1.54, 1.807) is 24.3 Å². The summed E-state index contributed by atoms with van der Waals surface area (Å²) in [5.74, 6) is 0. The molecule has 0 amide bonds. The number of rotatable bonds is 6. The van der Waals surface area contributed by atoms with Crippen LogP contribution in [-0.4, -0.2) is 16.8 Å². The van der Waals surface area contributed by atoms with Crippen LogP contribution >= 0.6 is 41.3 Å². The van der Waals surface area contributed by atoms with Crippen molar-refractivity contribution in [2.75, 3.05) is 0 Å². The van der Waals surface area contributed by atoms with Gasteiger partial charge in [0.1, 0.15) is 0 Å². The van der Waals surface area contributed by atoms with Gasteiger partial charge in [0.2, 0.25) is 0 Å². The molecule has 218 valence electrons. The Hall–Kier alpha value is -1.88. The molecule has 4 aromatic carbocycles. The summed E-state index contributed by atoms with van der Waals surface area (Å²) >= 11 is -7.11. The maximum atomic E-state index is 13.5. The van der Waals surface area contributed by atoms with Gasteiger partial charge in [-0.25, -0.2) is 0 Å². The second-order valence-electron chi connectivity index (χ2n) is 10.0. The number of halogens is 2. The van der Waals surface area contributed by atoms with Gasteiger partial charge in [0.25, 0.3) is 0 Å². The Balaban J connectivity index is 1.70. The van der Waals surface area contributed by atoms with Gasteiger partial charge >= 0.3 is 261 Å². The van der Waals surface area contributed by atoms with Crippen LogP contribution in [0.2, 0.25) is 0 Å². The normalized spacial score (nSPS) is 15.3. The van der Waals surface area contributed by atoms with Gasteiger partial charge in [-0.15, -0.1) is 0 Å². The third-order valence-corrected chi connectivity index (χ3v) is 21.8. The number of aryl methyl sites for hydroxylation is 6. The molecule has 0 aromatic heterocycles. The predicted molar refractivity (Wildman–Crippen MR) is 176 cm³/mol. The minimum absolute atomic E-state index is 0.0113. The van der Waals surface area contributed by atoms with Crippen LogP contribution in [0.25, 0.3) is 11.1 Å². The van der Waals surface area contributed by atoms with E-state index in [0.717, 1.165) is 44.5 Å². The number of hydrogen-bond donors (Lipinski definition) is 0. The van der Waals surface area contributed by atoms with E-state index in [1.807, 2.05) is 65.8 Å². The Morgan fingerprint density at radius 3 is 1.20 bits per heavy atom. The molecule has 11 heteroatoms. The van der Waals surface area contributed by atoms with Crippen LogP contribution in [0.5, 0.6) is 0 Å². The summed E-state index contributed by atoms with van der Waals surface area (Å²) in [6.45, 7) is 11.5. The molecular weight excluding hydrogens is 790 g/mol. The molecule has 0 radical (unpaired) electrons. The van der Waals surface area contributed by atoms with Crippen LogP contribution in [0.1, 0.15) is 33.4 Å². The third-order valence-electron chi connectivity index (χ3n) is 6.45. The number of benzene rings is 4. The van der Waals surface area contributed by atoms with E-state index in [1.165, 1.54) is 24.3 Å². The molecule has 0 aliphatic carbocycles. The minimum atomic E-state index is -4.23. The maximum absolute atomic E-state index is 13.5. The van der Waals surface area contributed by atoms with Crippen molar-refractivity contribution in [1.29, 1.82) is 0 Å². The summed E-state index contributed by atoms with van der Waals surface area (Å²) in [4.78, 5) is 0.0227. The Bertz CT molecular complexity index is 1720. The van der Waals surface area contributed by atoms with Gasteiger partial charge < -0.3 is 0 Å². The quantitative estimate of drug-likeness (QED) is 0.182. The Morgan fingerprint density at radius 2 is 0.854 bits per heavy atom. The molecule has 0 N–H and O–H groups in total. The van der Waals surface area contributed by atoms with E-state index >= 15 is 0 Å². The summed E-state index contributed by atoms with van der Waals surface area (Å²) in [5, 5.41) is 0. The van der Waals surface area contributed by atoms with Crippen LogP contribution < -0.4 is 0 Å². The van der Waals surface area contributed by atoms with E-state index in [9.17, 15) is 16.8 Å². The van der Waals surface area contributed by atoms with Gasteiger partial charge in [-0.1, -0.05) is 0 Å².